The van der Waals surface area contributed by atoms with Gasteiger partial charge in [0.15, 0.2) is 6.23 Å². The first-order valence-corrected chi connectivity index (χ1v) is 7.82. The van der Waals surface area contributed by atoms with Gasteiger partial charge >= 0.3 is 6.03 Å². The minimum absolute atomic E-state index is 0.166. The molecule has 0 radical (unpaired) electrons. The average molecular weight is 303 g/mol. The number of urea groups is 1. The van der Waals surface area contributed by atoms with Crippen molar-refractivity contribution in [3.05, 3.63) is 35.5 Å². The van der Waals surface area contributed by atoms with E-state index < -0.39 is 6.23 Å². The van der Waals surface area contributed by atoms with Gasteiger partial charge in [-0.3, -0.25) is 9.80 Å². The van der Waals surface area contributed by atoms with Crippen LogP contribution in [0.4, 0.5) is 10.5 Å². The second-order valence-corrected chi connectivity index (χ2v) is 5.33. The number of hydrogen-bond acceptors (Lipinski definition) is 3. The predicted molar refractivity (Wildman–Crippen MR) is 89.5 cm³/mol. The van der Waals surface area contributed by atoms with Crippen LogP contribution in [0.15, 0.2) is 30.0 Å². The molecule has 5 heteroatoms. The van der Waals surface area contributed by atoms with Crippen LogP contribution in [0.1, 0.15) is 26.3 Å². The molecule has 2 amide bonds. The van der Waals surface area contributed by atoms with Gasteiger partial charge in [0.05, 0.1) is 5.70 Å². The summed E-state index contributed by atoms with van der Waals surface area (Å²) >= 11 is 0. The van der Waals surface area contributed by atoms with Gasteiger partial charge < -0.3 is 10.0 Å². The van der Waals surface area contributed by atoms with Gasteiger partial charge in [-0.15, -0.1) is 0 Å². The van der Waals surface area contributed by atoms with E-state index in [0.29, 0.717) is 12.2 Å². The fourth-order valence-corrected chi connectivity index (χ4v) is 2.76. The third-order valence-corrected chi connectivity index (χ3v) is 4.16. The largest absolute Gasteiger partial charge is 0.372 e. The van der Waals surface area contributed by atoms with Gasteiger partial charge in [-0.1, -0.05) is 12.1 Å². The predicted octanol–water partition coefficient (Wildman–Crippen LogP) is 2.58. The normalized spacial score (nSPS) is 20.1. The molecule has 1 aliphatic heterocycles. The van der Waals surface area contributed by atoms with Crippen LogP contribution in [0.5, 0.6) is 0 Å². The lowest BCUT2D eigenvalue weighted by Gasteiger charge is -2.21. The Bertz CT molecular complexity index is 550. The summed E-state index contributed by atoms with van der Waals surface area (Å²) in [5, 5.41) is 10.3. The van der Waals surface area contributed by atoms with E-state index in [1.165, 1.54) is 15.5 Å². The molecule has 0 spiro atoms. The maximum atomic E-state index is 12.0. The number of benzene rings is 1. The Morgan fingerprint density at radius 1 is 1.18 bits per heavy atom. The SMILES string of the molecule is CCN(CC)c1ccc(/C=C2\C(O)N(CC)C(=O)N2C)cc1. The summed E-state index contributed by atoms with van der Waals surface area (Å²) < 4.78 is 0. The van der Waals surface area contributed by atoms with E-state index in [2.05, 4.69) is 30.9 Å². The highest BCUT2D eigenvalue weighted by Gasteiger charge is 2.37. The average Bonchev–Trinajstić information content (AvgIpc) is 2.73. The van der Waals surface area contributed by atoms with Gasteiger partial charge in [0.2, 0.25) is 0 Å². The molecule has 1 fully saturated rings. The van der Waals surface area contributed by atoms with Gasteiger partial charge in [-0.05, 0) is 44.5 Å². The number of carbonyl (C=O) groups excluding carboxylic acids is 1. The summed E-state index contributed by atoms with van der Waals surface area (Å²) in [6.07, 6.45) is 0.995. The Balaban J connectivity index is 2.24. The second-order valence-electron chi connectivity index (χ2n) is 5.33. The van der Waals surface area contributed by atoms with Crippen molar-refractivity contribution >= 4 is 17.8 Å². The first kappa shape index (κ1) is 16.4. The van der Waals surface area contributed by atoms with Crippen LogP contribution in [0.25, 0.3) is 6.08 Å². The van der Waals surface area contributed by atoms with Gasteiger partial charge in [-0.2, -0.15) is 0 Å². The molecule has 0 saturated carbocycles. The molecule has 0 aromatic heterocycles. The van der Waals surface area contributed by atoms with Crippen LogP contribution in [0, 0.1) is 0 Å². The molecule has 0 bridgehead atoms. The standard InChI is InChI=1S/C17H25N3O2/c1-5-19(6-2)14-10-8-13(9-11-14)12-15-16(21)20(7-3)17(22)18(15)4/h8-12,16,21H,5-7H2,1-4H3/b15-12+. The third kappa shape index (κ3) is 2.95. The van der Waals surface area contributed by atoms with Crippen LogP contribution < -0.4 is 4.90 Å². The minimum atomic E-state index is -0.870. The fraction of sp³-hybridized carbons (Fsp3) is 0.471. The van der Waals surface area contributed by atoms with Gasteiger partial charge in [0.25, 0.3) is 0 Å². The third-order valence-electron chi connectivity index (χ3n) is 4.16. The maximum Gasteiger partial charge on any atom is 0.326 e. The lowest BCUT2D eigenvalue weighted by Crippen LogP contribution is -2.33. The summed E-state index contributed by atoms with van der Waals surface area (Å²) in [4.78, 5) is 17.2. The van der Waals surface area contributed by atoms with E-state index in [0.717, 1.165) is 18.7 Å². The van der Waals surface area contributed by atoms with Crippen molar-refractivity contribution in [1.29, 1.82) is 0 Å². The molecule has 2 rings (SSSR count). The number of amides is 2. The van der Waals surface area contributed by atoms with Crippen molar-refractivity contribution in [3.8, 4) is 0 Å². The van der Waals surface area contributed by atoms with Gasteiger partial charge in [-0.25, -0.2) is 4.79 Å². The van der Waals surface area contributed by atoms with Crippen molar-refractivity contribution in [3.63, 3.8) is 0 Å². The minimum Gasteiger partial charge on any atom is -0.372 e. The lowest BCUT2D eigenvalue weighted by atomic mass is 10.1. The van der Waals surface area contributed by atoms with Crippen LogP contribution in [-0.2, 0) is 0 Å². The van der Waals surface area contributed by atoms with Crippen molar-refractivity contribution in [2.45, 2.75) is 27.0 Å². The zero-order valence-corrected chi connectivity index (χ0v) is 13.8. The molecular formula is C17H25N3O2. The van der Waals surface area contributed by atoms with Crippen molar-refractivity contribution in [1.82, 2.24) is 9.80 Å². The summed E-state index contributed by atoms with van der Waals surface area (Å²) in [5.74, 6) is 0. The van der Waals surface area contributed by atoms with E-state index >= 15 is 0 Å². The number of carbonyl (C=O) groups is 1. The van der Waals surface area contributed by atoms with Crippen LogP contribution in [-0.4, -0.2) is 53.8 Å². The van der Waals surface area contributed by atoms with Crippen molar-refractivity contribution in [2.75, 3.05) is 31.6 Å². The number of rotatable bonds is 5. The first-order chi connectivity index (χ1) is 10.5. The molecule has 22 heavy (non-hydrogen) atoms. The Kier molecular flexibility index (Phi) is 5.08. The van der Waals surface area contributed by atoms with E-state index in [-0.39, 0.29) is 6.03 Å². The zero-order chi connectivity index (χ0) is 16.3. The van der Waals surface area contributed by atoms with E-state index in [9.17, 15) is 9.90 Å². The molecule has 1 saturated heterocycles. The lowest BCUT2D eigenvalue weighted by molar-refractivity contribution is 0.0851. The molecule has 1 atom stereocenters. The number of nitrogens with zero attached hydrogens (tertiary/aromatic N) is 3. The highest BCUT2D eigenvalue weighted by Crippen LogP contribution is 2.25. The Labute approximate surface area is 132 Å². The zero-order valence-electron chi connectivity index (χ0n) is 13.8. The molecule has 1 aromatic rings. The number of aliphatic hydroxyl groups is 1. The summed E-state index contributed by atoms with van der Waals surface area (Å²) in [6.45, 7) is 8.55. The molecular weight excluding hydrogens is 278 g/mol. The van der Waals surface area contributed by atoms with Gasteiger partial charge in [0, 0.05) is 32.4 Å². The molecule has 1 heterocycles. The Morgan fingerprint density at radius 2 is 1.77 bits per heavy atom. The number of aliphatic hydroxyl groups excluding tert-OH is 1. The molecule has 0 aliphatic carbocycles. The first-order valence-electron chi connectivity index (χ1n) is 7.82. The van der Waals surface area contributed by atoms with E-state index in [4.69, 9.17) is 0 Å². The van der Waals surface area contributed by atoms with E-state index in [1.807, 2.05) is 25.1 Å². The Morgan fingerprint density at radius 3 is 2.23 bits per heavy atom. The van der Waals surface area contributed by atoms with E-state index in [1.54, 1.807) is 7.05 Å². The van der Waals surface area contributed by atoms with Crippen LogP contribution in [0.2, 0.25) is 0 Å². The summed E-state index contributed by atoms with van der Waals surface area (Å²) in [5.41, 5.74) is 2.77. The summed E-state index contributed by atoms with van der Waals surface area (Å²) in [6, 6.07) is 8.00. The maximum absolute atomic E-state index is 12.0. The molecule has 120 valence electrons. The molecule has 5 nitrogen and oxygen atoms in total. The molecule has 1 N–H and O–H groups in total. The smallest absolute Gasteiger partial charge is 0.326 e. The highest BCUT2D eigenvalue weighted by atomic mass is 16.3. The number of anilines is 1. The number of likely N-dealkylation sites (N-methyl/N-ethyl adjacent to an activating group) is 2. The second kappa shape index (κ2) is 6.83. The molecule has 1 aromatic carbocycles. The van der Waals surface area contributed by atoms with Crippen LogP contribution in [0.3, 0.4) is 0 Å². The quantitative estimate of drug-likeness (QED) is 0.909. The highest BCUT2D eigenvalue weighted by molar-refractivity contribution is 5.82. The fourth-order valence-electron chi connectivity index (χ4n) is 2.76. The molecule has 1 unspecified atom stereocenters. The van der Waals surface area contributed by atoms with Crippen molar-refractivity contribution < 1.29 is 9.90 Å². The monoisotopic (exact) mass is 303 g/mol. The van der Waals surface area contributed by atoms with Gasteiger partial charge in [0.1, 0.15) is 0 Å². The van der Waals surface area contributed by atoms with Crippen LogP contribution >= 0.6 is 0 Å². The van der Waals surface area contributed by atoms with Crippen molar-refractivity contribution in [2.24, 2.45) is 0 Å². The molecule has 1 aliphatic rings. The summed E-state index contributed by atoms with van der Waals surface area (Å²) in [7, 11) is 1.69. The topological polar surface area (TPSA) is 47.0 Å². The number of hydrogen-bond donors (Lipinski definition) is 1. The Hall–Kier alpha value is -2.01.